The Balaban J connectivity index is 1.53. The highest BCUT2D eigenvalue weighted by Gasteiger charge is 2.31. The third-order valence-corrected chi connectivity index (χ3v) is 4.39. The van der Waals surface area contributed by atoms with Crippen molar-refractivity contribution in [3.05, 3.63) is 53.9 Å². The van der Waals surface area contributed by atoms with Crippen LogP contribution < -0.4 is 5.32 Å². The molecular weight excluding hydrogens is 300 g/mol. The number of nitrogens with zero attached hydrogens (tertiary/aromatic N) is 3. The van der Waals surface area contributed by atoms with Crippen LogP contribution in [0.25, 0.3) is 0 Å². The fraction of sp³-hybridized carbons (Fsp3) is 0.474. The van der Waals surface area contributed by atoms with Crippen LogP contribution in [0.15, 0.2) is 42.7 Å². The van der Waals surface area contributed by atoms with Gasteiger partial charge in [-0.15, -0.1) is 0 Å². The maximum Gasteiger partial charge on any atom is 0.240 e. The molecule has 5 heteroatoms. The molecule has 128 valence electrons. The van der Waals surface area contributed by atoms with Gasteiger partial charge in [0.15, 0.2) is 0 Å². The second kappa shape index (κ2) is 6.77. The highest BCUT2D eigenvalue weighted by atomic mass is 16.2. The highest BCUT2D eigenvalue weighted by Crippen LogP contribution is 2.17. The molecule has 0 bridgehead atoms. The molecule has 0 radical (unpaired) electrons. The predicted octanol–water partition coefficient (Wildman–Crippen LogP) is 2.53. The van der Waals surface area contributed by atoms with Gasteiger partial charge in [0.25, 0.3) is 0 Å². The molecule has 2 aromatic rings. The van der Waals surface area contributed by atoms with Crippen molar-refractivity contribution in [1.29, 1.82) is 0 Å². The number of rotatable bonds is 5. The molecule has 2 heterocycles. The molecule has 1 saturated heterocycles. The molecule has 3 rings (SSSR count). The lowest BCUT2D eigenvalue weighted by atomic mass is 10.1. The first-order chi connectivity index (χ1) is 11.4. The van der Waals surface area contributed by atoms with Gasteiger partial charge in [-0.1, -0.05) is 30.3 Å². The van der Waals surface area contributed by atoms with Gasteiger partial charge in [-0.2, -0.15) is 5.10 Å². The van der Waals surface area contributed by atoms with Crippen molar-refractivity contribution < 1.29 is 4.79 Å². The summed E-state index contributed by atoms with van der Waals surface area (Å²) >= 11 is 0. The van der Waals surface area contributed by atoms with Crippen LogP contribution in [0, 0.1) is 0 Å². The molecule has 1 aliphatic rings. The van der Waals surface area contributed by atoms with E-state index in [1.807, 2.05) is 40.2 Å². The van der Waals surface area contributed by atoms with E-state index in [1.54, 1.807) is 0 Å². The second-order valence-corrected chi connectivity index (χ2v) is 7.43. The molecule has 5 nitrogen and oxygen atoms in total. The van der Waals surface area contributed by atoms with Crippen LogP contribution >= 0.6 is 0 Å². The van der Waals surface area contributed by atoms with E-state index in [1.165, 1.54) is 5.56 Å². The average Bonchev–Trinajstić information content (AvgIpc) is 3.15. The normalized spacial score (nSPS) is 18.4. The van der Waals surface area contributed by atoms with Crippen molar-refractivity contribution >= 4 is 5.91 Å². The summed E-state index contributed by atoms with van der Waals surface area (Å²) in [5.74, 6) is 0.196. The summed E-state index contributed by atoms with van der Waals surface area (Å²) in [7, 11) is 0. The van der Waals surface area contributed by atoms with Crippen LogP contribution in [-0.2, 0) is 23.4 Å². The Morgan fingerprint density at radius 2 is 1.96 bits per heavy atom. The Labute approximate surface area is 143 Å². The molecule has 1 atom stereocenters. The number of carbonyl (C=O) groups excluding carboxylic acids is 1. The van der Waals surface area contributed by atoms with Gasteiger partial charge in [0, 0.05) is 31.4 Å². The van der Waals surface area contributed by atoms with Crippen molar-refractivity contribution in [3.63, 3.8) is 0 Å². The van der Waals surface area contributed by atoms with Gasteiger partial charge in [-0.25, -0.2) is 0 Å². The summed E-state index contributed by atoms with van der Waals surface area (Å²) in [6.07, 6.45) is 4.78. The van der Waals surface area contributed by atoms with E-state index in [9.17, 15) is 4.79 Å². The zero-order valence-electron chi connectivity index (χ0n) is 14.7. The van der Waals surface area contributed by atoms with Gasteiger partial charge in [-0.05, 0) is 32.8 Å². The Morgan fingerprint density at radius 3 is 2.62 bits per heavy atom. The van der Waals surface area contributed by atoms with Crippen molar-refractivity contribution in [2.24, 2.45) is 0 Å². The van der Waals surface area contributed by atoms with Gasteiger partial charge in [0.1, 0.15) is 0 Å². The van der Waals surface area contributed by atoms with E-state index in [0.717, 1.165) is 18.5 Å². The zero-order valence-corrected chi connectivity index (χ0v) is 14.7. The number of nitrogens with one attached hydrogen (secondary N) is 1. The Bertz CT molecular complexity index is 687. The van der Waals surface area contributed by atoms with Crippen LogP contribution in [0.2, 0.25) is 0 Å². The van der Waals surface area contributed by atoms with Crippen LogP contribution in [0.4, 0.5) is 0 Å². The van der Waals surface area contributed by atoms with Gasteiger partial charge < -0.3 is 10.2 Å². The monoisotopic (exact) mass is 326 g/mol. The smallest absolute Gasteiger partial charge is 0.240 e. The molecule has 0 unspecified atom stereocenters. The molecule has 0 saturated carbocycles. The third kappa shape index (κ3) is 3.85. The maximum atomic E-state index is 12.5. The number of aromatic nitrogens is 2. The van der Waals surface area contributed by atoms with E-state index >= 15 is 0 Å². The minimum atomic E-state index is -0.0910. The number of amides is 1. The molecule has 1 fully saturated rings. The summed E-state index contributed by atoms with van der Waals surface area (Å²) in [5.41, 5.74) is 2.27. The van der Waals surface area contributed by atoms with Crippen LogP contribution in [-0.4, -0.2) is 33.2 Å². The summed E-state index contributed by atoms with van der Waals surface area (Å²) in [6.45, 7) is 8.55. The Morgan fingerprint density at radius 1 is 1.21 bits per heavy atom. The van der Waals surface area contributed by atoms with Crippen LogP contribution in [0.3, 0.4) is 0 Å². The van der Waals surface area contributed by atoms with Gasteiger partial charge in [0.2, 0.25) is 5.91 Å². The Kier molecular flexibility index (Phi) is 4.71. The molecule has 1 N–H and O–H groups in total. The second-order valence-electron chi connectivity index (χ2n) is 7.43. The zero-order chi connectivity index (χ0) is 17.2. The maximum absolute atomic E-state index is 12.5. The fourth-order valence-corrected chi connectivity index (χ4v) is 2.95. The minimum absolute atomic E-state index is 0.0199. The average molecular weight is 326 g/mol. The van der Waals surface area contributed by atoms with Crippen LogP contribution in [0.5, 0.6) is 0 Å². The molecule has 1 aliphatic heterocycles. The van der Waals surface area contributed by atoms with E-state index in [0.29, 0.717) is 13.1 Å². The lowest BCUT2D eigenvalue weighted by Crippen LogP contribution is -2.37. The molecule has 1 aromatic heterocycles. The number of hydrogen-bond acceptors (Lipinski definition) is 3. The number of hydrogen-bond donors (Lipinski definition) is 1. The third-order valence-electron chi connectivity index (χ3n) is 4.39. The lowest BCUT2D eigenvalue weighted by Gasteiger charge is -2.19. The van der Waals surface area contributed by atoms with Crippen LogP contribution in [0.1, 0.15) is 38.3 Å². The summed E-state index contributed by atoms with van der Waals surface area (Å²) in [5, 5.41) is 7.79. The van der Waals surface area contributed by atoms with Gasteiger partial charge in [0.05, 0.1) is 17.8 Å². The van der Waals surface area contributed by atoms with Crippen molar-refractivity contribution in [2.45, 2.75) is 51.9 Å². The number of benzene rings is 1. The summed E-state index contributed by atoms with van der Waals surface area (Å²) in [6, 6.07) is 10.1. The minimum Gasteiger partial charge on any atom is -0.337 e. The van der Waals surface area contributed by atoms with E-state index in [-0.39, 0.29) is 17.5 Å². The molecule has 1 amide bonds. The van der Waals surface area contributed by atoms with E-state index in [4.69, 9.17) is 0 Å². The molecule has 1 aromatic carbocycles. The van der Waals surface area contributed by atoms with Crippen molar-refractivity contribution in [3.8, 4) is 0 Å². The highest BCUT2D eigenvalue weighted by molar-refractivity contribution is 5.83. The SMILES string of the molecule is CC(C)(C)n1cc(CN[C@H]2CCN(Cc3ccccc3)C2=O)cn1. The first kappa shape index (κ1) is 16.7. The Hall–Kier alpha value is -2.14. The largest absolute Gasteiger partial charge is 0.337 e. The van der Waals surface area contributed by atoms with Gasteiger partial charge in [-0.3, -0.25) is 9.48 Å². The molecular formula is C19H26N4O. The first-order valence-electron chi connectivity index (χ1n) is 8.53. The standard InChI is InChI=1S/C19H26N4O/c1-19(2,3)23-14-16(12-21-23)11-20-17-9-10-22(18(17)24)13-15-7-5-4-6-8-15/h4-8,12,14,17,20H,9-11,13H2,1-3H3/t17-/m0/s1. The number of carbonyl (C=O) groups is 1. The topological polar surface area (TPSA) is 50.2 Å². The van der Waals surface area contributed by atoms with Crippen molar-refractivity contribution in [2.75, 3.05) is 6.54 Å². The number of likely N-dealkylation sites (tertiary alicyclic amines) is 1. The quantitative estimate of drug-likeness (QED) is 0.918. The summed E-state index contributed by atoms with van der Waals surface area (Å²) < 4.78 is 1.96. The van der Waals surface area contributed by atoms with E-state index < -0.39 is 0 Å². The van der Waals surface area contributed by atoms with Gasteiger partial charge >= 0.3 is 0 Å². The molecule has 0 spiro atoms. The van der Waals surface area contributed by atoms with Crippen molar-refractivity contribution in [1.82, 2.24) is 20.0 Å². The molecule has 24 heavy (non-hydrogen) atoms. The fourth-order valence-electron chi connectivity index (χ4n) is 2.95. The summed E-state index contributed by atoms with van der Waals surface area (Å²) in [4.78, 5) is 14.5. The van der Waals surface area contributed by atoms with E-state index in [2.05, 4.69) is 43.3 Å². The predicted molar refractivity (Wildman–Crippen MR) is 94.3 cm³/mol. The lowest BCUT2D eigenvalue weighted by molar-refractivity contribution is -0.129. The molecule has 0 aliphatic carbocycles. The first-order valence-corrected chi connectivity index (χ1v) is 8.53.